The molecule has 0 atom stereocenters. The van der Waals surface area contributed by atoms with Gasteiger partial charge in [0.2, 0.25) is 5.91 Å². The Morgan fingerprint density at radius 1 is 1.28 bits per heavy atom. The zero-order chi connectivity index (χ0) is 18.3. The SMILES string of the molecule is N#Cc1ccc(C(=O)NCCCCCNC(=O)C2CC(F)(CO)C2)s1. The molecule has 2 rings (SSSR count). The minimum atomic E-state index is -1.57. The summed E-state index contributed by atoms with van der Waals surface area (Å²) in [7, 11) is 0. The van der Waals surface area contributed by atoms with Gasteiger partial charge in [-0.1, -0.05) is 0 Å². The molecule has 2 amide bonds. The van der Waals surface area contributed by atoms with Gasteiger partial charge in [0.15, 0.2) is 0 Å². The second kappa shape index (κ2) is 8.92. The monoisotopic (exact) mass is 367 g/mol. The normalized spacial score (nSPS) is 21.9. The Morgan fingerprint density at radius 2 is 1.96 bits per heavy atom. The van der Waals surface area contributed by atoms with Crippen molar-refractivity contribution in [3.05, 3.63) is 21.9 Å². The van der Waals surface area contributed by atoms with Gasteiger partial charge in [0, 0.05) is 19.0 Å². The molecular weight excluding hydrogens is 345 g/mol. The number of rotatable bonds is 9. The minimum absolute atomic E-state index is 0.0948. The van der Waals surface area contributed by atoms with Crippen LogP contribution in [-0.2, 0) is 4.79 Å². The molecule has 1 aromatic heterocycles. The van der Waals surface area contributed by atoms with Crippen LogP contribution in [0.2, 0.25) is 0 Å². The predicted octanol–water partition coefficient (Wildman–Crippen LogP) is 1.75. The molecule has 1 aromatic rings. The van der Waals surface area contributed by atoms with Crippen molar-refractivity contribution in [1.29, 1.82) is 5.26 Å². The van der Waals surface area contributed by atoms with Gasteiger partial charge in [-0.25, -0.2) is 4.39 Å². The van der Waals surface area contributed by atoms with Gasteiger partial charge in [-0.15, -0.1) is 11.3 Å². The summed E-state index contributed by atoms with van der Waals surface area (Å²) in [6.45, 7) is 0.542. The number of thiophene rings is 1. The molecule has 6 nitrogen and oxygen atoms in total. The lowest BCUT2D eigenvalue weighted by Crippen LogP contribution is -2.49. The van der Waals surface area contributed by atoms with Crippen molar-refractivity contribution in [2.45, 2.75) is 37.8 Å². The molecule has 25 heavy (non-hydrogen) atoms. The van der Waals surface area contributed by atoms with E-state index in [9.17, 15) is 14.0 Å². The molecular formula is C17H22FN3O3S. The number of nitrogens with zero attached hydrogens (tertiary/aromatic N) is 1. The number of hydrogen-bond acceptors (Lipinski definition) is 5. The maximum absolute atomic E-state index is 13.5. The standard InChI is InChI=1S/C17H22FN3O3S/c18-17(11-22)8-12(9-17)15(23)20-6-2-1-3-7-21-16(24)14-5-4-13(10-19)25-14/h4-5,12,22H,1-3,6-9,11H2,(H,20,23)(H,21,24). The van der Waals surface area contributed by atoms with Crippen LogP contribution in [0, 0.1) is 17.2 Å². The third-order valence-corrected chi connectivity index (χ3v) is 5.25. The highest BCUT2D eigenvalue weighted by molar-refractivity contribution is 7.14. The average Bonchev–Trinajstić information content (AvgIpc) is 3.07. The average molecular weight is 367 g/mol. The van der Waals surface area contributed by atoms with Gasteiger partial charge in [0.25, 0.3) is 5.91 Å². The highest BCUT2D eigenvalue weighted by atomic mass is 32.1. The molecule has 1 heterocycles. The molecule has 0 saturated heterocycles. The van der Waals surface area contributed by atoms with Gasteiger partial charge in [-0.3, -0.25) is 9.59 Å². The van der Waals surface area contributed by atoms with Crippen molar-refractivity contribution in [1.82, 2.24) is 10.6 Å². The van der Waals surface area contributed by atoms with E-state index in [0.717, 1.165) is 30.6 Å². The molecule has 1 aliphatic carbocycles. The Balaban J connectivity index is 1.49. The molecule has 8 heteroatoms. The number of unbranched alkanes of at least 4 members (excludes halogenated alkanes) is 2. The summed E-state index contributed by atoms with van der Waals surface area (Å²) in [6.07, 6.45) is 2.62. The molecule has 3 N–H and O–H groups in total. The first-order valence-corrected chi connectivity index (χ1v) is 9.15. The van der Waals surface area contributed by atoms with Gasteiger partial charge in [0.1, 0.15) is 16.6 Å². The predicted molar refractivity (Wildman–Crippen MR) is 91.9 cm³/mol. The van der Waals surface area contributed by atoms with Crippen LogP contribution in [0.15, 0.2) is 12.1 Å². The molecule has 0 unspecified atom stereocenters. The fourth-order valence-electron chi connectivity index (χ4n) is 2.73. The van der Waals surface area contributed by atoms with Crippen molar-refractivity contribution in [2.24, 2.45) is 5.92 Å². The Kier molecular flexibility index (Phi) is 6.91. The summed E-state index contributed by atoms with van der Waals surface area (Å²) >= 11 is 1.16. The molecule has 0 aromatic carbocycles. The van der Waals surface area contributed by atoms with E-state index in [4.69, 9.17) is 10.4 Å². The Labute approximate surface area is 150 Å². The third kappa shape index (κ3) is 5.51. The molecule has 1 fully saturated rings. The van der Waals surface area contributed by atoms with E-state index in [1.165, 1.54) is 0 Å². The van der Waals surface area contributed by atoms with Crippen LogP contribution in [0.5, 0.6) is 0 Å². The number of amides is 2. The van der Waals surface area contributed by atoms with E-state index in [0.29, 0.717) is 22.8 Å². The molecule has 136 valence electrons. The number of halogens is 1. The van der Waals surface area contributed by atoms with Gasteiger partial charge in [-0.2, -0.15) is 5.26 Å². The lowest BCUT2D eigenvalue weighted by Gasteiger charge is -2.38. The summed E-state index contributed by atoms with van der Waals surface area (Å²) in [5.74, 6) is -0.662. The Bertz CT molecular complexity index is 650. The fraction of sp³-hybridized carbons (Fsp3) is 0.588. The first-order chi connectivity index (χ1) is 12.0. The summed E-state index contributed by atoms with van der Waals surface area (Å²) in [6, 6.07) is 5.26. The van der Waals surface area contributed by atoms with Crippen LogP contribution in [0.4, 0.5) is 4.39 Å². The summed E-state index contributed by atoms with van der Waals surface area (Å²) < 4.78 is 13.5. The van der Waals surface area contributed by atoms with E-state index in [1.54, 1.807) is 12.1 Å². The summed E-state index contributed by atoms with van der Waals surface area (Å²) in [4.78, 5) is 24.6. The quantitative estimate of drug-likeness (QED) is 0.579. The highest BCUT2D eigenvalue weighted by Gasteiger charge is 2.47. The number of hydrogen-bond donors (Lipinski definition) is 3. The number of carbonyl (C=O) groups is 2. The topological polar surface area (TPSA) is 102 Å². The number of alkyl halides is 1. The van der Waals surface area contributed by atoms with Crippen LogP contribution in [-0.4, -0.2) is 42.3 Å². The lowest BCUT2D eigenvalue weighted by atomic mass is 9.72. The summed E-state index contributed by atoms with van der Waals surface area (Å²) in [5, 5.41) is 23.1. The van der Waals surface area contributed by atoms with E-state index >= 15 is 0 Å². The highest BCUT2D eigenvalue weighted by Crippen LogP contribution is 2.40. The number of aliphatic hydroxyl groups excluding tert-OH is 1. The second-order valence-electron chi connectivity index (χ2n) is 6.30. The Morgan fingerprint density at radius 3 is 2.56 bits per heavy atom. The van der Waals surface area contributed by atoms with Gasteiger partial charge < -0.3 is 15.7 Å². The number of nitriles is 1. The number of carbonyl (C=O) groups excluding carboxylic acids is 2. The molecule has 1 aliphatic rings. The van der Waals surface area contributed by atoms with Crippen molar-refractivity contribution in [3.63, 3.8) is 0 Å². The van der Waals surface area contributed by atoms with Crippen molar-refractivity contribution in [3.8, 4) is 6.07 Å². The first kappa shape index (κ1) is 19.3. The molecule has 1 saturated carbocycles. The zero-order valence-corrected chi connectivity index (χ0v) is 14.7. The fourth-order valence-corrected chi connectivity index (χ4v) is 3.45. The van der Waals surface area contributed by atoms with Crippen molar-refractivity contribution in [2.75, 3.05) is 19.7 Å². The van der Waals surface area contributed by atoms with Crippen LogP contribution < -0.4 is 10.6 Å². The number of aliphatic hydroxyl groups is 1. The van der Waals surface area contributed by atoms with E-state index < -0.39 is 12.3 Å². The van der Waals surface area contributed by atoms with Gasteiger partial charge >= 0.3 is 0 Å². The van der Waals surface area contributed by atoms with Gasteiger partial charge in [-0.05, 0) is 44.2 Å². The van der Waals surface area contributed by atoms with E-state index in [2.05, 4.69) is 10.6 Å². The largest absolute Gasteiger partial charge is 0.393 e. The van der Waals surface area contributed by atoms with Gasteiger partial charge in [0.05, 0.1) is 11.5 Å². The van der Waals surface area contributed by atoms with E-state index in [-0.39, 0.29) is 30.6 Å². The molecule has 0 radical (unpaired) electrons. The van der Waals surface area contributed by atoms with Crippen LogP contribution in [0.1, 0.15) is 46.7 Å². The second-order valence-corrected chi connectivity index (χ2v) is 7.38. The minimum Gasteiger partial charge on any atom is -0.393 e. The maximum Gasteiger partial charge on any atom is 0.261 e. The van der Waals surface area contributed by atoms with Crippen LogP contribution in [0.3, 0.4) is 0 Å². The number of nitrogens with one attached hydrogen (secondary N) is 2. The van der Waals surface area contributed by atoms with Crippen LogP contribution >= 0.6 is 11.3 Å². The van der Waals surface area contributed by atoms with Crippen LogP contribution in [0.25, 0.3) is 0 Å². The molecule has 0 aliphatic heterocycles. The molecule has 0 bridgehead atoms. The Hall–Kier alpha value is -1.98. The third-order valence-electron chi connectivity index (χ3n) is 4.26. The smallest absolute Gasteiger partial charge is 0.261 e. The van der Waals surface area contributed by atoms with E-state index in [1.807, 2.05) is 6.07 Å². The first-order valence-electron chi connectivity index (χ1n) is 8.33. The summed E-state index contributed by atoms with van der Waals surface area (Å²) in [5.41, 5.74) is -1.57. The van der Waals surface area contributed by atoms with Crippen molar-refractivity contribution < 1.29 is 19.1 Å². The van der Waals surface area contributed by atoms with Crippen molar-refractivity contribution >= 4 is 23.2 Å². The lowest BCUT2D eigenvalue weighted by molar-refractivity contribution is -0.136. The zero-order valence-electron chi connectivity index (χ0n) is 13.9. The maximum atomic E-state index is 13.5. The molecule has 0 spiro atoms.